The van der Waals surface area contributed by atoms with Crippen LogP contribution in [0.4, 0.5) is 0 Å². The van der Waals surface area contributed by atoms with Gasteiger partial charge in [-0.15, -0.1) is 0 Å². The zero-order valence-electron chi connectivity index (χ0n) is 25.9. The highest BCUT2D eigenvalue weighted by Gasteiger charge is 2.53. The van der Waals surface area contributed by atoms with E-state index in [0.717, 1.165) is 45.3 Å². The van der Waals surface area contributed by atoms with Gasteiger partial charge < -0.3 is 9.47 Å². The number of para-hydroxylation sites is 2. The number of hydrogen-bond acceptors (Lipinski definition) is 2. The molecule has 4 aliphatic rings. The van der Waals surface area contributed by atoms with E-state index in [1.807, 2.05) is 0 Å². The Morgan fingerprint density at radius 2 is 0.711 bits per heavy atom. The number of fused-ring (bicyclic) bond motifs is 14. The van der Waals surface area contributed by atoms with Gasteiger partial charge in [-0.2, -0.15) is 0 Å². The quantitative estimate of drug-likeness (QED) is 0.178. The van der Waals surface area contributed by atoms with Crippen LogP contribution in [0.1, 0.15) is 72.2 Å². The standard InChI is InChI=1S/C43H32O2/c1-41(2)29-15-7-5-13-25(29)27-21-35-39(23-33(27)41)45-40-24-34-28(26-14-6-8-16-30(26)42(34,3)4)22-36(40)43(35)31-17-9-11-19-37(31)44-38-20-12-10-18-32(38)43/h5-24H,1-4H3. The van der Waals surface area contributed by atoms with Gasteiger partial charge in [-0.1, -0.05) is 113 Å². The molecule has 0 unspecified atom stereocenters. The predicted octanol–water partition coefficient (Wildman–Crippen LogP) is 10.9. The summed E-state index contributed by atoms with van der Waals surface area (Å²) < 4.78 is 13.8. The zero-order chi connectivity index (χ0) is 30.3. The number of rotatable bonds is 0. The molecule has 2 heterocycles. The molecule has 2 nitrogen and oxygen atoms in total. The lowest BCUT2D eigenvalue weighted by atomic mass is 9.61. The van der Waals surface area contributed by atoms with Gasteiger partial charge >= 0.3 is 0 Å². The van der Waals surface area contributed by atoms with Gasteiger partial charge in [-0.3, -0.25) is 0 Å². The Bertz CT molecular complexity index is 2120. The minimum atomic E-state index is -0.637. The molecule has 45 heavy (non-hydrogen) atoms. The Morgan fingerprint density at radius 3 is 1.18 bits per heavy atom. The first-order chi connectivity index (χ1) is 21.8. The van der Waals surface area contributed by atoms with Gasteiger partial charge in [-0.25, -0.2) is 0 Å². The molecule has 0 atom stereocenters. The number of benzene rings is 6. The van der Waals surface area contributed by atoms with Crippen molar-refractivity contribution in [3.8, 4) is 45.3 Å². The van der Waals surface area contributed by atoms with Crippen LogP contribution in [0.2, 0.25) is 0 Å². The normalized spacial score (nSPS) is 17.3. The van der Waals surface area contributed by atoms with Crippen molar-refractivity contribution in [1.82, 2.24) is 0 Å². The van der Waals surface area contributed by atoms with E-state index in [1.54, 1.807) is 0 Å². The van der Waals surface area contributed by atoms with Crippen molar-refractivity contribution in [1.29, 1.82) is 0 Å². The summed E-state index contributed by atoms with van der Waals surface area (Å²) >= 11 is 0. The van der Waals surface area contributed by atoms with E-state index < -0.39 is 5.41 Å². The van der Waals surface area contributed by atoms with Crippen LogP contribution in [0.15, 0.2) is 121 Å². The third-order valence-electron chi connectivity index (χ3n) is 11.2. The molecule has 0 aromatic heterocycles. The second kappa shape index (κ2) is 8.14. The average molecular weight is 581 g/mol. The topological polar surface area (TPSA) is 18.5 Å². The van der Waals surface area contributed by atoms with Crippen LogP contribution in [0.3, 0.4) is 0 Å². The van der Waals surface area contributed by atoms with E-state index in [0.29, 0.717) is 0 Å². The maximum Gasteiger partial charge on any atom is 0.132 e. The van der Waals surface area contributed by atoms with Crippen LogP contribution in [0.5, 0.6) is 23.0 Å². The molecule has 0 N–H and O–H groups in total. The molecule has 2 aliphatic carbocycles. The molecule has 0 saturated heterocycles. The van der Waals surface area contributed by atoms with Gasteiger partial charge in [0.15, 0.2) is 0 Å². The summed E-state index contributed by atoms with van der Waals surface area (Å²) in [7, 11) is 0. The highest BCUT2D eigenvalue weighted by atomic mass is 16.5. The van der Waals surface area contributed by atoms with Crippen LogP contribution in [-0.4, -0.2) is 0 Å². The third-order valence-corrected chi connectivity index (χ3v) is 11.2. The van der Waals surface area contributed by atoms with E-state index in [2.05, 4.69) is 149 Å². The van der Waals surface area contributed by atoms with Crippen LogP contribution in [0.25, 0.3) is 22.3 Å². The summed E-state index contributed by atoms with van der Waals surface area (Å²) in [6, 6.07) is 44.4. The first-order valence-electron chi connectivity index (χ1n) is 15.9. The molecule has 216 valence electrons. The Hall–Kier alpha value is -5.08. The molecular formula is C43H32O2. The lowest BCUT2D eigenvalue weighted by Crippen LogP contribution is -2.37. The van der Waals surface area contributed by atoms with Crippen LogP contribution < -0.4 is 9.47 Å². The van der Waals surface area contributed by atoms with Gasteiger partial charge in [0.05, 0.1) is 5.41 Å². The van der Waals surface area contributed by atoms with Crippen molar-refractivity contribution in [2.24, 2.45) is 0 Å². The number of ether oxygens (including phenoxy) is 2. The largest absolute Gasteiger partial charge is 0.457 e. The molecule has 10 rings (SSSR count). The maximum atomic E-state index is 7.13. The summed E-state index contributed by atoms with van der Waals surface area (Å²) in [6.07, 6.45) is 0. The summed E-state index contributed by atoms with van der Waals surface area (Å²) in [4.78, 5) is 0. The van der Waals surface area contributed by atoms with Crippen LogP contribution in [0, 0.1) is 0 Å². The summed E-state index contributed by atoms with van der Waals surface area (Å²) in [6.45, 7) is 9.34. The molecule has 0 fully saturated rings. The fraction of sp³-hybridized carbons (Fsp3) is 0.163. The van der Waals surface area contributed by atoms with Crippen molar-refractivity contribution >= 4 is 0 Å². The van der Waals surface area contributed by atoms with E-state index >= 15 is 0 Å². The molecule has 0 radical (unpaired) electrons. The van der Waals surface area contributed by atoms with Crippen molar-refractivity contribution in [3.05, 3.63) is 166 Å². The van der Waals surface area contributed by atoms with Gasteiger partial charge in [0.1, 0.15) is 23.0 Å². The molecular weight excluding hydrogens is 548 g/mol. The fourth-order valence-corrected chi connectivity index (χ4v) is 9.05. The van der Waals surface area contributed by atoms with Crippen LogP contribution in [-0.2, 0) is 16.2 Å². The Morgan fingerprint density at radius 1 is 0.333 bits per heavy atom. The summed E-state index contributed by atoms with van der Waals surface area (Å²) in [5.41, 5.74) is 14.2. The van der Waals surface area contributed by atoms with Gasteiger partial charge in [0.2, 0.25) is 0 Å². The second-order valence-corrected chi connectivity index (χ2v) is 14.1. The molecule has 0 saturated carbocycles. The van der Waals surface area contributed by atoms with Crippen molar-refractivity contribution in [2.75, 3.05) is 0 Å². The zero-order valence-corrected chi connectivity index (χ0v) is 25.9. The molecule has 2 aliphatic heterocycles. The lowest BCUT2D eigenvalue weighted by molar-refractivity contribution is 0.398. The van der Waals surface area contributed by atoms with Crippen molar-refractivity contribution < 1.29 is 9.47 Å². The lowest BCUT2D eigenvalue weighted by Gasteiger charge is -2.45. The molecule has 6 aromatic carbocycles. The van der Waals surface area contributed by atoms with E-state index in [1.165, 1.54) is 44.5 Å². The third kappa shape index (κ3) is 2.91. The first-order valence-corrected chi connectivity index (χ1v) is 15.9. The monoisotopic (exact) mass is 580 g/mol. The maximum absolute atomic E-state index is 7.13. The Labute approximate surface area is 263 Å². The molecule has 0 amide bonds. The fourth-order valence-electron chi connectivity index (χ4n) is 9.05. The van der Waals surface area contributed by atoms with Crippen molar-refractivity contribution in [3.63, 3.8) is 0 Å². The summed E-state index contributed by atoms with van der Waals surface area (Å²) in [5.74, 6) is 3.61. The smallest absolute Gasteiger partial charge is 0.132 e. The summed E-state index contributed by atoms with van der Waals surface area (Å²) in [5, 5.41) is 0. The number of hydrogen-bond donors (Lipinski definition) is 0. The SMILES string of the molecule is CC1(C)c2ccccc2-c2cc3c(cc21)Oc1cc2c(cc1C31c3ccccc3Oc3ccccc31)-c1ccccc1C2(C)C. The van der Waals surface area contributed by atoms with E-state index in [-0.39, 0.29) is 10.8 Å². The van der Waals surface area contributed by atoms with Gasteiger partial charge in [0, 0.05) is 33.1 Å². The van der Waals surface area contributed by atoms with E-state index in [9.17, 15) is 0 Å². The van der Waals surface area contributed by atoms with E-state index in [4.69, 9.17) is 9.47 Å². The molecule has 1 spiro atoms. The molecule has 2 heteroatoms. The van der Waals surface area contributed by atoms with Crippen molar-refractivity contribution in [2.45, 2.75) is 43.9 Å². The van der Waals surface area contributed by atoms with Crippen LogP contribution >= 0.6 is 0 Å². The highest BCUT2D eigenvalue weighted by molar-refractivity contribution is 5.88. The Kier molecular flexibility index (Phi) is 4.57. The first kappa shape index (κ1) is 25.3. The molecule has 6 aromatic rings. The second-order valence-electron chi connectivity index (χ2n) is 14.1. The highest BCUT2D eigenvalue weighted by Crippen LogP contribution is 2.65. The average Bonchev–Trinajstić information content (AvgIpc) is 3.42. The minimum absolute atomic E-state index is 0.134. The van der Waals surface area contributed by atoms with Gasteiger partial charge in [0.25, 0.3) is 0 Å². The predicted molar refractivity (Wildman–Crippen MR) is 180 cm³/mol. The Balaban J connectivity index is 1.38. The minimum Gasteiger partial charge on any atom is -0.457 e. The molecule has 0 bridgehead atoms. The van der Waals surface area contributed by atoms with Gasteiger partial charge in [-0.05, 0) is 80.9 Å².